The van der Waals surface area contributed by atoms with Gasteiger partial charge >= 0.3 is 0 Å². The third-order valence-electron chi connectivity index (χ3n) is 3.42. The van der Waals surface area contributed by atoms with E-state index in [-0.39, 0.29) is 18.3 Å². The number of nitrogens with two attached hydrogens (primary N) is 1. The molecule has 0 aliphatic carbocycles. The van der Waals surface area contributed by atoms with Crippen LogP contribution in [0.2, 0.25) is 0 Å². The Balaban J connectivity index is 2.37. The largest absolute Gasteiger partial charge is 0.352 e. The first-order valence-electron chi connectivity index (χ1n) is 6.97. The predicted octanol–water partition coefficient (Wildman–Crippen LogP) is 3.36. The second-order valence-corrected chi connectivity index (χ2v) is 5.82. The number of carbonyl (C=O) groups is 1. The lowest BCUT2D eigenvalue weighted by molar-refractivity contribution is -0.121. The Morgan fingerprint density at radius 2 is 2.20 bits per heavy atom. The van der Waals surface area contributed by atoms with Crippen molar-refractivity contribution in [2.24, 2.45) is 11.7 Å². The minimum Gasteiger partial charge on any atom is -0.352 e. The molecule has 0 bridgehead atoms. The van der Waals surface area contributed by atoms with Crippen LogP contribution >= 0.6 is 15.9 Å². The van der Waals surface area contributed by atoms with Gasteiger partial charge < -0.3 is 11.1 Å². The van der Waals surface area contributed by atoms with Gasteiger partial charge in [0.05, 0.1) is 0 Å². The van der Waals surface area contributed by atoms with Gasteiger partial charge in [-0.05, 0) is 43.5 Å². The molecule has 1 rings (SSSR count). The van der Waals surface area contributed by atoms with Crippen molar-refractivity contribution in [2.45, 2.75) is 39.2 Å². The molecule has 3 N–H and O–H groups in total. The maximum atomic E-state index is 13.5. The van der Waals surface area contributed by atoms with Gasteiger partial charge in [0.1, 0.15) is 5.82 Å². The maximum Gasteiger partial charge on any atom is 0.220 e. The summed E-state index contributed by atoms with van der Waals surface area (Å²) in [6, 6.07) is 4.71. The van der Waals surface area contributed by atoms with Crippen molar-refractivity contribution >= 4 is 21.8 Å². The molecule has 3 nitrogen and oxygen atoms in total. The summed E-state index contributed by atoms with van der Waals surface area (Å²) in [5, 5.41) is 2.76. The zero-order valence-corrected chi connectivity index (χ0v) is 13.4. The molecule has 5 heteroatoms. The third-order valence-corrected chi connectivity index (χ3v) is 3.91. The first-order chi connectivity index (χ1) is 9.56. The van der Waals surface area contributed by atoms with Crippen LogP contribution in [-0.4, -0.2) is 12.5 Å². The van der Waals surface area contributed by atoms with E-state index in [4.69, 9.17) is 5.73 Å². The second-order valence-electron chi connectivity index (χ2n) is 4.90. The topological polar surface area (TPSA) is 55.1 Å². The average Bonchev–Trinajstić information content (AvgIpc) is 2.44. The third kappa shape index (κ3) is 6.01. The maximum absolute atomic E-state index is 13.5. The molecule has 0 fully saturated rings. The minimum atomic E-state index is -0.303. The number of hydrogen-bond donors (Lipinski definition) is 2. The highest BCUT2D eigenvalue weighted by molar-refractivity contribution is 9.10. The van der Waals surface area contributed by atoms with E-state index >= 15 is 0 Å². The van der Waals surface area contributed by atoms with Crippen molar-refractivity contribution in [3.8, 4) is 0 Å². The Labute approximate surface area is 128 Å². The second kappa shape index (κ2) is 9.08. The Morgan fingerprint density at radius 3 is 2.85 bits per heavy atom. The summed E-state index contributed by atoms with van der Waals surface area (Å²) in [6.07, 6.45) is 3.28. The Kier molecular flexibility index (Phi) is 7.77. The van der Waals surface area contributed by atoms with E-state index in [1.54, 1.807) is 12.1 Å². The summed E-state index contributed by atoms with van der Waals surface area (Å²) in [6.45, 7) is 2.98. The van der Waals surface area contributed by atoms with Gasteiger partial charge in [0.15, 0.2) is 0 Å². The van der Waals surface area contributed by atoms with E-state index in [9.17, 15) is 9.18 Å². The van der Waals surface area contributed by atoms with E-state index < -0.39 is 0 Å². The van der Waals surface area contributed by atoms with Crippen LogP contribution in [0.1, 0.15) is 38.2 Å². The van der Waals surface area contributed by atoms with Gasteiger partial charge in [-0.15, -0.1) is 0 Å². The molecule has 0 spiro atoms. The summed E-state index contributed by atoms with van der Waals surface area (Å²) in [7, 11) is 0. The normalized spacial score (nSPS) is 12.2. The van der Waals surface area contributed by atoms with Crippen molar-refractivity contribution < 1.29 is 9.18 Å². The minimum absolute atomic E-state index is 0.0418. The molecular weight excluding hydrogens is 323 g/mol. The molecule has 1 amide bonds. The first-order valence-corrected chi connectivity index (χ1v) is 7.76. The predicted molar refractivity (Wildman–Crippen MR) is 82.6 cm³/mol. The zero-order valence-electron chi connectivity index (χ0n) is 11.8. The SMILES string of the molecule is CCC(CCN)CCC(=O)NCc1cc(Br)ccc1F. The smallest absolute Gasteiger partial charge is 0.220 e. The van der Waals surface area contributed by atoms with E-state index in [1.807, 2.05) is 0 Å². The van der Waals surface area contributed by atoms with Crippen molar-refractivity contribution in [2.75, 3.05) is 6.54 Å². The van der Waals surface area contributed by atoms with Crippen LogP contribution in [0.3, 0.4) is 0 Å². The van der Waals surface area contributed by atoms with Gasteiger partial charge in [-0.3, -0.25) is 4.79 Å². The van der Waals surface area contributed by atoms with Crippen molar-refractivity contribution in [1.29, 1.82) is 0 Å². The number of benzene rings is 1. The monoisotopic (exact) mass is 344 g/mol. The van der Waals surface area contributed by atoms with Crippen LogP contribution in [0.4, 0.5) is 4.39 Å². The average molecular weight is 345 g/mol. The first kappa shape index (κ1) is 17.1. The molecule has 20 heavy (non-hydrogen) atoms. The van der Waals surface area contributed by atoms with Crippen LogP contribution in [0.5, 0.6) is 0 Å². The fourth-order valence-corrected chi connectivity index (χ4v) is 2.49. The lowest BCUT2D eigenvalue weighted by Crippen LogP contribution is -2.24. The zero-order chi connectivity index (χ0) is 15.0. The lowest BCUT2D eigenvalue weighted by atomic mass is 9.96. The van der Waals surface area contributed by atoms with Gasteiger partial charge in [-0.2, -0.15) is 0 Å². The molecule has 0 saturated carbocycles. The van der Waals surface area contributed by atoms with Crippen molar-refractivity contribution in [1.82, 2.24) is 5.32 Å². The number of rotatable bonds is 8. The Morgan fingerprint density at radius 1 is 1.45 bits per heavy atom. The van der Waals surface area contributed by atoms with Gasteiger partial charge in [-0.1, -0.05) is 29.3 Å². The number of amides is 1. The standard InChI is InChI=1S/C15H22BrFN2O/c1-2-11(7-8-18)3-6-15(20)19-10-12-9-13(16)4-5-14(12)17/h4-5,9,11H,2-3,6-8,10,18H2,1H3,(H,19,20). The number of nitrogens with one attached hydrogen (secondary N) is 1. The molecule has 0 aliphatic rings. The quantitative estimate of drug-likeness (QED) is 0.759. The fraction of sp³-hybridized carbons (Fsp3) is 0.533. The molecule has 0 aliphatic heterocycles. The molecule has 0 aromatic heterocycles. The van der Waals surface area contributed by atoms with E-state index in [0.717, 1.165) is 23.7 Å². The van der Waals surface area contributed by atoms with Crippen LogP contribution < -0.4 is 11.1 Å². The van der Waals surface area contributed by atoms with Crippen molar-refractivity contribution in [3.63, 3.8) is 0 Å². The number of halogens is 2. The highest BCUT2D eigenvalue weighted by Crippen LogP contribution is 2.16. The van der Waals surface area contributed by atoms with Crippen LogP contribution in [0.15, 0.2) is 22.7 Å². The van der Waals surface area contributed by atoms with Gasteiger partial charge in [0.2, 0.25) is 5.91 Å². The summed E-state index contributed by atoms with van der Waals surface area (Å²) in [4.78, 5) is 11.8. The van der Waals surface area contributed by atoms with Crippen molar-refractivity contribution in [3.05, 3.63) is 34.1 Å². The summed E-state index contributed by atoms with van der Waals surface area (Å²) in [5.74, 6) is 0.149. The highest BCUT2D eigenvalue weighted by Gasteiger charge is 2.10. The highest BCUT2D eigenvalue weighted by atomic mass is 79.9. The molecule has 1 atom stereocenters. The molecule has 1 aromatic carbocycles. The number of carbonyl (C=O) groups excluding carboxylic acids is 1. The Bertz CT molecular complexity index is 440. The van der Waals surface area contributed by atoms with E-state index in [0.29, 0.717) is 24.4 Å². The van der Waals surface area contributed by atoms with Gasteiger partial charge in [-0.25, -0.2) is 4.39 Å². The fourth-order valence-electron chi connectivity index (χ4n) is 2.08. The van der Waals surface area contributed by atoms with Crippen LogP contribution in [0, 0.1) is 11.7 Å². The van der Waals surface area contributed by atoms with E-state index in [1.165, 1.54) is 6.07 Å². The molecular formula is C15H22BrFN2O. The number of hydrogen-bond acceptors (Lipinski definition) is 2. The summed E-state index contributed by atoms with van der Waals surface area (Å²) in [5.41, 5.74) is 6.02. The molecule has 0 radical (unpaired) electrons. The summed E-state index contributed by atoms with van der Waals surface area (Å²) < 4.78 is 14.3. The molecule has 1 unspecified atom stereocenters. The molecule has 0 heterocycles. The van der Waals surface area contributed by atoms with Gasteiger partial charge in [0.25, 0.3) is 0 Å². The molecule has 0 saturated heterocycles. The molecule has 1 aromatic rings. The van der Waals surface area contributed by atoms with Crippen LogP contribution in [-0.2, 0) is 11.3 Å². The summed E-state index contributed by atoms with van der Waals surface area (Å²) >= 11 is 3.29. The van der Waals surface area contributed by atoms with Gasteiger partial charge in [0, 0.05) is 23.0 Å². The van der Waals surface area contributed by atoms with E-state index in [2.05, 4.69) is 28.2 Å². The molecule has 112 valence electrons. The Hall–Kier alpha value is -0.940. The van der Waals surface area contributed by atoms with Crippen LogP contribution in [0.25, 0.3) is 0 Å². The lowest BCUT2D eigenvalue weighted by Gasteiger charge is -2.13.